The molecule has 0 unspecified atom stereocenters. The zero-order chi connectivity index (χ0) is 13.0. The van der Waals surface area contributed by atoms with Crippen molar-refractivity contribution in [3.8, 4) is 5.75 Å². The third-order valence-electron chi connectivity index (χ3n) is 2.83. The van der Waals surface area contributed by atoms with Crippen molar-refractivity contribution >= 4 is 9.84 Å². The Kier molecular flexibility index (Phi) is 4.04. The second kappa shape index (κ2) is 5.54. The minimum atomic E-state index is -3.13. The number of hydrogen-bond acceptors (Lipinski definition) is 4. The van der Waals surface area contributed by atoms with Gasteiger partial charge in [-0.05, 0) is 42.8 Å². The van der Waals surface area contributed by atoms with Gasteiger partial charge in [0, 0.05) is 12.8 Å². The van der Waals surface area contributed by atoms with Crippen LogP contribution in [0.15, 0.2) is 40.8 Å². The third-order valence-corrected chi connectivity index (χ3v) is 3.96. The molecule has 0 aromatic heterocycles. The zero-order valence-electron chi connectivity index (χ0n) is 10.3. The second-order valence-corrected chi connectivity index (χ2v) is 6.36. The molecule has 18 heavy (non-hydrogen) atoms. The van der Waals surface area contributed by atoms with Crippen LogP contribution in [0.1, 0.15) is 6.42 Å². The summed E-state index contributed by atoms with van der Waals surface area (Å²) in [5, 5.41) is 3.24. The van der Waals surface area contributed by atoms with E-state index in [1.807, 2.05) is 0 Å². The van der Waals surface area contributed by atoms with Gasteiger partial charge >= 0.3 is 0 Å². The smallest absolute Gasteiger partial charge is 0.175 e. The first-order valence-electron chi connectivity index (χ1n) is 5.87. The van der Waals surface area contributed by atoms with Crippen molar-refractivity contribution in [2.45, 2.75) is 11.3 Å². The molecule has 98 valence electrons. The Balaban J connectivity index is 1.96. The highest BCUT2D eigenvalue weighted by atomic mass is 32.2. The van der Waals surface area contributed by atoms with E-state index in [2.05, 4.69) is 11.4 Å². The standard InChI is InChI=1S/C13H17NO3S/c1-18(15,16)13-4-2-12(3-5-13)17-10-11-6-8-14-9-7-11/h2-6,14H,7-10H2,1H3. The van der Waals surface area contributed by atoms with E-state index in [-0.39, 0.29) is 0 Å². The number of ether oxygens (including phenoxy) is 1. The van der Waals surface area contributed by atoms with Gasteiger partial charge in [0.05, 0.1) is 4.90 Å². The maximum Gasteiger partial charge on any atom is 0.175 e. The highest BCUT2D eigenvalue weighted by Gasteiger charge is 2.07. The maximum absolute atomic E-state index is 11.3. The Morgan fingerprint density at radius 2 is 2.00 bits per heavy atom. The SMILES string of the molecule is CS(=O)(=O)c1ccc(OCC2=CCNCC2)cc1. The lowest BCUT2D eigenvalue weighted by atomic mass is 10.1. The van der Waals surface area contributed by atoms with Crippen LogP contribution in [0.25, 0.3) is 0 Å². The molecule has 0 saturated heterocycles. The topological polar surface area (TPSA) is 55.4 Å². The molecule has 0 spiro atoms. The molecule has 1 N–H and O–H groups in total. The molecule has 1 heterocycles. The molecule has 2 rings (SSSR count). The molecule has 1 aromatic rings. The number of benzene rings is 1. The largest absolute Gasteiger partial charge is 0.489 e. The van der Waals surface area contributed by atoms with Crippen LogP contribution < -0.4 is 10.1 Å². The summed E-state index contributed by atoms with van der Waals surface area (Å²) in [6.45, 7) is 2.45. The van der Waals surface area contributed by atoms with Crippen LogP contribution in [-0.2, 0) is 9.84 Å². The molecule has 0 amide bonds. The van der Waals surface area contributed by atoms with Gasteiger partial charge in [0.1, 0.15) is 12.4 Å². The normalized spacial score (nSPS) is 16.2. The van der Waals surface area contributed by atoms with Gasteiger partial charge in [-0.2, -0.15) is 0 Å². The summed E-state index contributed by atoms with van der Waals surface area (Å²) >= 11 is 0. The molecule has 0 fully saturated rings. The van der Waals surface area contributed by atoms with Crippen LogP contribution in [0.2, 0.25) is 0 Å². The number of hydrogen-bond donors (Lipinski definition) is 1. The first-order chi connectivity index (χ1) is 8.55. The van der Waals surface area contributed by atoms with Crippen molar-refractivity contribution in [2.24, 2.45) is 0 Å². The fourth-order valence-corrected chi connectivity index (χ4v) is 2.39. The van der Waals surface area contributed by atoms with E-state index in [0.29, 0.717) is 17.3 Å². The van der Waals surface area contributed by atoms with E-state index >= 15 is 0 Å². The minimum absolute atomic E-state index is 0.316. The molecular formula is C13H17NO3S. The minimum Gasteiger partial charge on any atom is -0.489 e. The quantitative estimate of drug-likeness (QED) is 0.838. The first kappa shape index (κ1) is 13.1. The van der Waals surface area contributed by atoms with Crippen LogP contribution in [-0.4, -0.2) is 34.4 Å². The summed E-state index contributed by atoms with van der Waals surface area (Å²) in [5.74, 6) is 0.696. The lowest BCUT2D eigenvalue weighted by Gasteiger charge is -2.14. The van der Waals surface area contributed by atoms with Crippen molar-refractivity contribution in [1.29, 1.82) is 0 Å². The Hall–Kier alpha value is -1.33. The van der Waals surface area contributed by atoms with E-state index in [1.54, 1.807) is 24.3 Å². The first-order valence-corrected chi connectivity index (χ1v) is 7.76. The van der Waals surface area contributed by atoms with E-state index in [0.717, 1.165) is 19.5 Å². The van der Waals surface area contributed by atoms with Gasteiger partial charge in [0.2, 0.25) is 0 Å². The van der Waals surface area contributed by atoms with E-state index in [4.69, 9.17) is 4.74 Å². The molecule has 1 aliphatic heterocycles. The van der Waals surface area contributed by atoms with Gasteiger partial charge in [-0.15, -0.1) is 0 Å². The lowest BCUT2D eigenvalue weighted by molar-refractivity contribution is 0.344. The average molecular weight is 267 g/mol. The van der Waals surface area contributed by atoms with Gasteiger partial charge in [-0.1, -0.05) is 6.08 Å². The van der Waals surface area contributed by atoms with E-state index in [9.17, 15) is 8.42 Å². The van der Waals surface area contributed by atoms with Crippen LogP contribution in [0.4, 0.5) is 0 Å². The molecule has 0 bridgehead atoms. The van der Waals surface area contributed by atoms with Gasteiger partial charge in [-0.25, -0.2) is 8.42 Å². The van der Waals surface area contributed by atoms with Crippen molar-refractivity contribution in [2.75, 3.05) is 26.0 Å². The summed E-state index contributed by atoms with van der Waals surface area (Å²) in [7, 11) is -3.13. The molecule has 0 aliphatic carbocycles. The van der Waals surface area contributed by atoms with Gasteiger partial charge in [0.15, 0.2) is 9.84 Å². The van der Waals surface area contributed by atoms with Crippen molar-refractivity contribution < 1.29 is 13.2 Å². The Labute approximate surface area is 108 Å². The van der Waals surface area contributed by atoms with Gasteiger partial charge in [-0.3, -0.25) is 0 Å². The number of nitrogens with one attached hydrogen (secondary N) is 1. The molecule has 0 atom stereocenters. The molecule has 1 aromatic carbocycles. The average Bonchev–Trinajstić information content (AvgIpc) is 2.37. The van der Waals surface area contributed by atoms with Crippen LogP contribution in [0.3, 0.4) is 0 Å². The van der Waals surface area contributed by atoms with Crippen LogP contribution >= 0.6 is 0 Å². The fraction of sp³-hybridized carbons (Fsp3) is 0.385. The summed E-state index contributed by atoms with van der Waals surface area (Å²) in [6, 6.07) is 6.53. The molecule has 5 heteroatoms. The molecule has 4 nitrogen and oxygen atoms in total. The summed E-state index contributed by atoms with van der Waals surface area (Å²) in [4.78, 5) is 0.316. The predicted octanol–water partition coefficient (Wildman–Crippen LogP) is 1.39. The summed E-state index contributed by atoms with van der Waals surface area (Å²) < 4.78 is 28.2. The molecule has 1 aliphatic rings. The van der Waals surface area contributed by atoms with Gasteiger partial charge in [0.25, 0.3) is 0 Å². The fourth-order valence-electron chi connectivity index (χ4n) is 1.76. The van der Waals surface area contributed by atoms with Gasteiger partial charge < -0.3 is 10.1 Å². The van der Waals surface area contributed by atoms with Crippen molar-refractivity contribution in [3.63, 3.8) is 0 Å². The summed E-state index contributed by atoms with van der Waals surface area (Å²) in [6.07, 6.45) is 4.33. The van der Waals surface area contributed by atoms with E-state index < -0.39 is 9.84 Å². The van der Waals surface area contributed by atoms with Crippen molar-refractivity contribution in [1.82, 2.24) is 5.32 Å². The Bertz CT molecular complexity index is 532. The molecular weight excluding hydrogens is 250 g/mol. The number of sulfone groups is 1. The highest BCUT2D eigenvalue weighted by molar-refractivity contribution is 7.90. The third kappa shape index (κ3) is 3.58. The zero-order valence-corrected chi connectivity index (χ0v) is 11.2. The maximum atomic E-state index is 11.3. The predicted molar refractivity (Wildman–Crippen MR) is 70.6 cm³/mol. The highest BCUT2D eigenvalue weighted by Crippen LogP contribution is 2.17. The summed E-state index contributed by atoms with van der Waals surface area (Å²) in [5.41, 5.74) is 1.28. The second-order valence-electron chi connectivity index (χ2n) is 4.35. The Morgan fingerprint density at radius 1 is 1.28 bits per heavy atom. The van der Waals surface area contributed by atoms with Crippen LogP contribution in [0, 0.1) is 0 Å². The van der Waals surface area contributed by atoms with Crippen molar-refractivity contribution in [3.05, 3.63) is 35.9 Å². The lowest BCUT2D eigenvalue weighted by Crippen LogP contribution is -2.22. The Morgan fingerprint density at radius 3 is 2.56 bits per heavy atom. The van der Waals surface area contributed by atoms with E-state index in [1.165, 1.54) is 11.8 Å². The molecule has 0 saturated carbocycles. The monoisotopic (exact) mass is 267 g/mol. The molecule has 0 radical (unpaired) electrons. The van der Waals surface area contributed by atoms with Crippen LogP contribution in [0.5, 0.6) is 5.75 Å². The number of rotatable bonds is 4.